The average Bonchev–Trinajstić information content (AvgIpc) is 2.46. The van der Waals surface area contributed by atoms with Crippen molar-refractivity contribution in [2.75, 3.05) is 11.9 Å². The molecule has 0 aliphatic rings. The zero-order valence-corrected chi connectivity index (χ0v) is 11.5. The molecule has 4 nitrogen and oxygen atoms in total. The van der Waals surface area contributed by atoms with E-state index in [0.717, 1.165) is 11.4 Å². The highest BCUT2D eigenvalue weighted by Gasteiger charge is 2.02. The van der Waals surface area contributed by atoms with E-state index >= 15 is 0 Å². The molecule has 1 heterocycles. The fourth-order valence-corrected chi connectivity index (χ4v) is 1.72. The molecule has 0 aliphatic carbocycles. The molecule has 20 heavy (non-hydrogen) atoms. The number of hydrogen-bond acceptors (Lipinski definition) is 3. The van der Waals surface area contributed by atoms with Gasteiger partial charge < -0.3 is 10.1 Å². The number of nitrogens with one attached hydrogen (secondary N) is 1. The highest BCUT2D eigenvalue weighted by Crippen LogP contribution is 2.12. The van der Waals surface area contributed by atoms with E-state index in [1.165, 1.54) is 5.56 Å². The number of aromatic nitrogens is 1. The molecule has 1 aromatic carbocycles. The van der Waals surface area contributed by atoms with Crippen LogP contribution in [0.3, 0.4) is 0 Å². The number of anilines is 1. The first-order valence-electron chi connectivity index (χ1n) is 6.63. The summed E-state index contributed by atoms with van der Waals surface area (Å²) < 4.78 is 5.57. The molecule has 0 bridgehead atoms. The fourth-order valence-electron chi connectivity index (χ4n) is 1.72. The second-order valence-electron chi connectivity index (χ2n) is 4.55. The van der Waals surface area contributed by atoms with Gasteiger partial charge in [0.1, 0.15) is 5.75 Å². The van der Waals surface area contributed by atoms with Crippen molar-refractivity contribution in [3.8, 4) is 5.75 Å². The monoisotopic (exact) mass is 270 g/mol. The van der Waals surface area contributed by atoms with Crippen molar-refractivity contribution in [3.05, 3.63) is 54.4 Å². The van der Waals surface area contributed by atoms with E-state index in [0.29, 0.717) is 19.4 Å². The molecule has 1 aromatic heterocycles. The molecule has 0 radical (unpaired) electrons. The molecule has 0 aliphatic heterocycles. The van der Waals surface area contributed by atoms with Crippen LogP contribution < -0.4 is 10.1 Å². The quantitative estimate of drug-likeness (QED) is 0.820. The summed E-state index contributed by atoms with van der Waals surface area (Å²) in [6, 6.07) is 11.4. The van der Waals surface area contributed by atoms with Gasteiger partial charge in [-0.1, -0.05) is 17.7 Å². The summed E-state index contributed by atoms with van der Waals surface area (Å²) in [5.41, 5.74) is 1.97. The number of carbonyl (C=O) groups is 1. The van der Waals surface area contributed by atoms with E-state index in [4.69, 9.17) is 4.74 Å². The molecule has 0 saturated heterocycles. The van der Waals surface area contributed by atoms with Gasteiger partial charge in [-0.05, 0) is 37.6 Å². The summed E-state index contributed by atoms with van der Waals surface area (Å²) in [5.74, 6) is 0.828. The van der Waals surface area contributed by atoms with Crippen molar-refractivity contribution < 1.29 is 9.53 Å². The predicted octanol–water partition coefficient (Wildman–Crippen LogP) is 3.19. The largest absolute Gasteiger partial charge is 0.494 e. The van der Waals surface area contributed by atoms with Crippen LogP contribution in [0, 0.1) is 6.92 Å². The van der Waals surface area contributed by atoms with Crippen LogP contribution >= 0.6 is 0 Å². The third kappa shape index (κ3) is 4.72. The van der Waals surface area contributed by atoms with Crippen LogP contribution in [0.25, 0.3) is 0 Å². The van der Waals surface area contributed by atoms with Crippen molar-refractivity contribution in [1.82, 2.24) is 4.98 Å². The average molecular weight is 270 g/mol. The molecule has 1 N–H and O–H groups in total. The van der Waals surface area contributed by atoms with E-state index in [-0.39, 0.29) is 5.91 Å². The Balaban J connectivity index is 1.66. The highest BCUT2D eigenvalue weighted by molar-refractivity contribution is 5.90. The van der Waals surface area contributed by atoms with Crippen LogP contribution in [-0.2, 0) is 4.79 Å². The molecule has 2 rings (SSSR count). The number of amides is 1. The summed E-state index contributed by atoms with van der Waals surface area (Å²) in [7, 11) is 0. The van der Waals surface area contributed by atoms with E-state index in [2.05, 4.69) is 10.3 Å². The third-order valence-electron chi connectivity index (χ3n) is 2.80. The van der Waals surface area contributed by atoms with Gasteiger partial charge in [0.05, 0.1) is 6.61 Å². The Labute approximate surface area is 118 Å². The molecule has 0 saturated carbocycles. The van der Waals surface area contributed by atoms with Gasteiger partial charge in [0.25, 0.3) is 0 Å². The number of carbonyl (C=O) groups excluding carboxylic acids is 1. The SMILES string of the molecule is Cc1ccc(OCCCC(=O)Nc2ccncc2)cc1. The van der Waals surface area contributed by atoms with E-state index in [1.54, 1.807) is 24.5 Å². The van der Waals surface area contributed by atoms with Crippen molar-refractivity contribution in [3.63, 3.8) is 0 Å². The van der Waals surface area contributed by atoms with Crippen molar-refractivity contribution in [2.45, 2.75) is 19.8 Å². The number of nitrogens with zero attached hydrogens (tertiary/aromatic N) is 1. The maximum Gasteiger partial charge on any atom is 0.224 e. The summed E-state index contributed by atoms with van der Waals surface area (Å²) >= 11 is 0. The second-order valence-corrected chi connectivity index (χ2v) is 4.55. The van der Waals surface area contributed by atoms with Gasteiger partial charge in [0.15, 0.2) is 0 Å². The molecule has 0 atom stereocenters. The van der Waals surface area contributed by atoms with Gasteiger partial charge in [-0.3, -0.25) is 9.78 Å². The molecule has 0 fully saturated rings. The van der Waals surface area contributed by atoms with Crippen LogP contribution in [0.15, 0.2) is 48.8 Å². The van der Waals surface area contributed by atoms with Crippen molar-refractivity contribution in [2.24, 2.45) is 0 Å². The second kappa shape index (κ2) is 7.28. The number of pyridine rings is 1. The zero-order chi connectivity index (χ0) is 14.2. The number of benzene rings is 1. The minimum atomic E-state index is -0.0105. The van der Waals surface area contributed by atoms with E-state index < -0.39 is 0 Å². The molecular formula is C16H18N2O2. The van der Waals surface area contributed by atoms with Crippen LogP contribution in [0.1, 0.15) is 18.4 Å². The third-order valence-corrected chi connectivity index (χ3v) is 2.80. The Hall–Kier alpha value is -2.36. The van der Waals surface area contributed by atoms with Gasteiger partial charge in [0, 0.05) is 24.5 Å². The Morgan fingerprint density at radius 1 is 1.15 bits per heavy atom. The molecule has 0 unspecified atom stereocenters. The lowest BCUT2D eigenvalue weighted by molar-refractivity contribution is -0.116. The lowest BCUT2D eigenvalue weighted by Crippen LogP contribution is -2.12. The molecule has 1 amide bonds. The Morgan fingerprint density at radius 2 is 1.85 bits per heavy atom. The first kappa shape index (κ1) is 14.1. The predicted molar refractivity (Wildman–Crippen MR) is 78.8 cm³/mol. The van der Waals surface area contributed by atoms with Gasteiger partial charge in [0.2, 0.25) is 5.91 Å². The normalized spacial score (nSPS) is 10.1. The summed E-state index contributed by atoms with van der Waals surface area (Å²) in [6.07, 6.45) is 4.42. The Bertz CT molecular complexity index is 538. The smallest absolute Gasteiger partial charge is 0.224 e. The zero-order valence-electron chi connectivity index (χ0n) is 11.5. The number of aryl methyl sites for hydroxylation is 1. The first-order chi connectivity index (χ1) is 9.74. The molecule has 2 aromatic rings. The van der Waals surface area contributed by atoms with Crippen molar-refractivity contribution in [1.29, 1.82) is 0 Å². The van der Waals surface area contributed by atoms with Gasteiger partial charge in [-0.2, -0.15) is 0 Å². The van der Waals surface area contributed by atoms with Gasteiger partial charge in [-0.25, -0.2) is 0 Å². The minimum absolute atomic E-state index is 0.0105. The number of rotatable bonds is 6. The first-order valence-corrected chi connectivity index (χ1v) is 6.63. The minimum Gasteiger partial charge on any atom is -0.494 e. The molecule has 104 valence electrons. The number of ether oxygens (including phenoxy) is 1. The number of hydrogen-bond donors (Lipinski definition) is 1. The van der Waals surface area contributed by atoms with E-state index in [1.807, 2.05) is 31.2 Å². The van der Waals surface area contributed by atoms with Gasteiger partial charge in [-0.15, -0.1) is 0 Å². The molecule has 0 spiro atoms. The lowest BCUT2D eigenvalue weighted by atomic mass is 10.2. The van der Waals surface area contributed by atoms with Crippen LogP contribution in [-0.4, -0.2) is 17.5 Å². The summed E-state index contributed by atoms with van der Waals surface area (Å²) in [4.78, 5) is 15.6. The maximum atomic E-state index is 11.7. The molecular weight excluding hydrogens is 252 g/mol. The standard InChI is InChI=1S/C16H18N2O2/c1-13-4-6-15(7-5-13)20-12-2-3-16(19)18-14-8-10-17-11-9-14/h4-11H,2-3,12H2,1H3,(H,17,18,19). The lowest BCUT2D eigenvalue weighted by Gasteiger charge is -2.07. The van der Waals surface area contributed by atoms with Gasteiger partial charge >= 0.3 is 0 Å². The summed E-state index contributed by atoms with van der Waals surface area (Å²) in [6.45, 7) is 2.57. The van der Waals surface area contributed by atoms with Crippen molar-refractivity contribution >= 4 is 11.6 Å². The molecule has 4 heteroatoms. The Kier molecular flexibility index (Phi) is 5.12. The van der Waals surface area contributed by atoms with Crippen LogP contribution in [0.5, 0.6) is 5.75 Å². The van der Waals surface area contributed by atoms with Crippen LogP contribution in [0.2, 0.25) is 0 Å². The van der Waals surface area contributed by atoms with E-state index in [9.17, 15) is 4.79 Å². The fraction of sp³-hybridized carbons (Fsp3) is 0.250. The highest BCUT2D eigenvalue weighted by atomic mass is 16.5. The summed E-state index contributed by atoms with van der Waals surface area (Å²) in [5, 5.41) is 2.81. The van der Waals surface area contributed by atoms with Crippen LogP contribution in [0.4, 0.5) is 5.69 Å². The Morgan fingerprint density at radius 3 is 2.55 bits per heavy atom. The topological polar surface area (TPSA) is 51.2 Å². The maximum absolute atomic E-state index is 11.7.